The quantitative estimate of drug-likeness (QED) is 0.786. The molecule has 3 nitrogen and oxygen atoms in total. The van der Waals surface area contributed by atoms with Gasteiger partial charge in [0.05, 0.1) is 7.11 Å². The summed E-state index contributed by atoms with van der Waals surface area (Å²) in [5.74, 6) is 0.978. The van der Waals surface area contributed by atoms with Crippen molar-refractivity contribution in [3.8, 4) is 5.75 Å². The first kappa shape index (κ1) is 16.8. The summed E-state index contributed by atoms with van der Waals surface area (Å²) in [6, 6.07) is 15.6. The summed E-state index contributed by atoms with van der Waals surface area (Å²) in [6.07, 6.45) is 2.47. The molecular weight excluding hydrogens is 286 g/mol. The van der Waals surface area contributed by atoms with Crippen molar-refractivity contribution in [1.82, 2.24) is 5.32 Å². The first-order chi connectivity index (χ1) is 11.2. The van der Waals surface area contributed by atoms with Gasteiger partial charge in [-0.1, -0.05) is 43.3 Å². The van der Waals surface area contributed by atoms with Gasteiger partial charge in [0.15, 0.2) is 0 Å². The molecule has 0 spiro atoms. The molecule has 0 radical (unpaired) electrons. The van der Waals surface area contributed by atoms with Gasteiger partial charge in [0.1, 0.15) is 5.75 Å². The van der Waals surface area contributed by atoms with Crippen LogP contribution in [0.3, 0.4) is 0 Å². The Morgan fingerprint density at radius 1 is 1.26 bits per heavy atom. The van der Waals surface area contributed by atoms with E-state index in [-0.39, 0.29) is 11.8 Å². The highest BCUT2D eigenvalue weighted by Gasteiger charge is 2.11. The van der Waals surface area contributed by atoms with Crippen molar-refractivity contribution >= 4 is 5.91 Å². The van der Waals surface area contributed by atoms with Crippen molar-refractivity contribution in [2.24, 2.45) is 0 Å². The third-order valence-electron chi connectivity index (χ3n) is 3.84. The van der Waals surface area contributed by atoms with Crippen LogP contribution in [0.4, 0.5) is 0 Å². The van der Waals surface area contributed by atoms with Gasteiger partial charge in [0.25, 0.3) is 5.91 Å². The van der Waals surface area contributed by atoms with Gasteiger partial charge >= 0.3 is 0 Å². The van der Waals surface area contributed by atoms with Gasteiger partial charge in [-0.3, -0.25) is 4.79 Å². The third-order valence-corrected chi connectivity index (χ3v) is 3.84. The van der Waals surface area contributed by atoms with Crippen LogP contribution in [0.5, 0.6) is 5.75 Å². The maximum absolute atomic E-state index is 12.4. The van der Waals surface area contributed by atoms with Gasteiger partial charge in [-0.2, -0.15) is 0 Å². The average molecular weight is 309 g/mol. The Balaban J connectivity index is 2.03. The van der Waals surface area contributed by atoms with Gasteiger partial charge in [-0.15, -0.1) is 6.58 Å². The average Bonchev–Trinajstić information content (AvgIpc) is 2.60. The second-order valence-electron chi connectivity index (χ2n) is 5.54. The van der Waals surface area contributed by atoms with Gasteiger partial charge < -0.3 is 10.1 Å². The van der Waals surface area contributed by atoms with E-state index in [0.29, 0.717) is 18.5 Å². The van der Waals surface area contributed by atoms with E-state index in [1.807, 2.05) is 30.3 Å². The highest BCUT2D eigenvalue weighted by atomic mass is 16.5. The minimum absolute atomic E-state index is 0.0688. The maximum Gasteiger partial charge on any atom is 0.251 e. The molecule has 0 unspecified atom stereocenters. The number of carbonyl (C=O) groups is 1. The zero-order valence-corrected chi connectivity index (χ0v) is 13.7. The van der Waals surface area contributed by atoms with Crippen LogP contribution in [-0.4, -0.2) is 19.6 Å². The number of methoxy groups -OCH3 is 1. The molecule has 0 aliphatic heterocycles. The van der Waals surface area contributed by atoms with Gasteiger partial charge in [-0.25, -0.2) is 0 Å². The molecule has 1 N–H and O–H groups in total. The number of hydrogen-bond acceptors (Lipinski definition) is 2. The molecule has 0 saturated carbocycles. The summed E-state index contributed by atoms with van der Waals surface area (Å²) in [4.78, 5) is 12.4. The van der Waals surface area contributed by atoms with Crippen LogP contribution >= 0.6 is 0 Å². The van der Waals surface area contributed by atoms with E-state index in [1.54, 1.807) is 19.3 Å². The minimum atomic E-state index is -0.0688. The molecule has 0 aliphatic rings. The number of amides is 1. The fourth-order valence-corrected chi connectivity index (χ4v) is 2.48. The standard InChI is InChI=1S/C20H23NO2/c1-4-8-17-13-18(11-12-19(17)23-3)20(22)21-14-15(2)16-9-6-5-7-10-16/h4-7,9-13,15H,1,8,14H2,2-3H3,(H,21,22)/t15-/m1/s1. The summed E-state index contributed by atoms with van der Waals surface area (Å²) >= 11 is 0. The number of carbonyl (C=O) groups excluding carboxylic acids is 1. The Labute approximate surface area is 138 Å². The van der Waals surface area contributed by atoms with E-state index >= 15 is 0 Å². The second kappa shape index (κ2) is 8.18. The Hall–Kier alpha value is -2.55. The lowest BCUT2D eigenvalue weighted by Crippen LogP contribution is -2.27. The number of rotatable bonds is 7. The summed E-state index contributed by atoms with van der Waals surface area (Å²) in [7, 11) is 1.63. The van der Waals surface area contributed by atoms with Crippen molar-refractivity contribution in [1.29, 1.82) is 0 Å². The van der Waals surface area contributed by atoms with E-state index in [4.69, 9.17) is 4.74 Å². The van der Waals surface area contributed by atoms with E-state index < -0.39 is 0 Å². The molecule has 0 aliphatic carbocycles. The molecule has 2 aromatic carbocycles. The Kier molecular flexibility index (Phi) is 5.98. The lowest BCUT2D eigenvalue weighted by molar-refractivity contribution is 0.0951. The zero-order valence-electron chi connectivity index (χ0n) is 13.7. The number of nitrogens with one attached hydrogen (secondary N) is 1. The van der Waals surface area contributed by atoms with E-state index in [2.05, 4.69) is 31.0 Å². The molecule has 0 bridgehead atoms. The number of ether oxygens (including phenoxy) is 1. The van der Waals surface area contributed by atoms with Crippen molar-refractivity contribution in [2.75, 3.05) is 13.7 Å². The van der Waals surface area contributed by atoms with Crippen LogP contribution in [-0.2, 0) is 6.42 Å². The molecule has 0 saturated heterocycles. The number of allylic oxidation sites excluding steroid dienone is 1. The molecule has 23 heavy (non-hydrogen) atoms. The van der Waals surface area contributed by atoms with Crippen LogP contribution in [0.15, 0.2) is 61.2 Å². The lowest BCUT2D eigenvalue weighted by Gasteiger charge is -2.14. The van der Waals surface area contributed by atoms with Crippen molar-refractivity contribution in [2.45, 2.75) is 19.3 Å². The molecule has 0 aromatic heterocycles. The summed E-state index contributed by atoms with van der Waals surface area (Å²) < 4.78 is 5.31. The Morgan fingerprint density at radius 2 is 2.00 bits per heavy atom. The number of benzene rings is 2. The first-order valence-electron chi connectivity index (χ1n) is 7.76. The largest absolute Gasteiger partial charge is 0.496 e. The molecule has 0 fully saturated rings. The van der Waals surface area contributed by atoms with Crippen LogP contribution in [0.1, 0.15) is 34.3 Å². The van der Waals surface area contributed by atoms with Crippen molar-refractivity contribution in [3.63, 3.8) is 0 Å². The minimum Gasteiger partial charge on any atom is -0.496 e. The highest BCUT2D eigenvalue weighted by molar-refractivity contribution is 5.94. The predicted octanol–water partition coefficient (Wildman–Crippen LogP) is 3.96. The Bertz CT molecular complexity index is 665. The van der Waals surface area contributed by atoms with Crippen LogP contribution < -0.4 is 10.1 Å². The van der Waals surface area contributed by atoms with Gasteiger partial charge in [-0.05, 0) is 41.7 Å². The fourth-order valence-electron chi connectivity index (χ4n) is 2.48. The topological polar surface area (TPSA) is 38.3 Å². The van der Waals surface area contributed by atoms with E-state index in [1.165, 1.54) is 5.56 Å². The normalized spacial score (nSPS) is 11.6. The van der Waals surface area contributed by atoms with Crippen LogP contribution in [0.2, 0.25) is 0 Å². The molecule has 120 valence electrons. The van der Waals surface area contributed by atoms with E-state index in [0.717, 1.165) is 11.3 Å². The van der Waals surface area contributed by atoms with E-state index in [9.17, 15) is 4.79 Å². The fraction of sp³-hybridized carbons (Fsp3) is 0.250. The first-order valence-corrected chi connectivity index (χ1v) is 7.76. The molecular formula is C20H23NO2. The molecule has 2 rings (SSSR count). The third kappa shape index (κ3) is 4.46. The summed E-state index contributed by atoms with van der Waals surface area (Å²) in [6.45, 7) is 6.45. The molecule has 0 heterocycles. The van der Waals surface area contributed by atoms with Crippen LogP contribution in [0, 0.1) is 0 Å². The van der Waals surface area contributed by atoms with Crippen molar-refractivity contribution < 1.29 is 9.53 Å². The summed E-state index contributed by atoms with van der Waals surface area (Å²) in [5, 5.41) is 3.00. The van der Waals surface area contributed by atoms with Gasteiger partial charge in [0.2, 0.25) is 0 Å². The molecule has 2 aromatic rings. The highest BCUT2D eigenvalue weighted by Crippen LogP contribution is 2.21. The predicted molar refractivity (Wildman–Crippen MR) is 94.1 cm³/mol. The van der Waals surface area contributed by atoms with Gasteiger partial charge in [0, 0.05) is 12.1 Å². The second-order valence-corrected chi connectivity index (χ2v) is 5.54. The van der Waals surface area contributed by atoms with Crippen molar-refractivity contribution in [3.05, 3.63) is 77.9 Å². The molecule has 1 amide bonds. The monoisotopic (exact) mass is 309 g/mol. The lowest BCUT2D eigenvalue weighted by atomic mass is 10.0. The molecule has 1 atom stereocenters. The zero-order chi connectivity index (χ0) is 16.7. The number of hydrogen-bond donors (Lipinski definition) is 1. The Morgan fingerprint density at radius 3 is 2.65 bits per heavy atom. The summed E-state index contributed by atoms with van der Waals surface area (Å²) in [5.41, 5.74) is 2.82. The maximum atomic E-state index is 12.4. The molecule has 3 heteroatoms. The SMILES string of the molecule is C=CCc1cc(C(=O)NC[C@@H](C)c2ccccc2)ccc1OC. The van der Waals surface area contributed by atoms with Crippen LogP contribution in [0.25, 0.3) is 0 Å². The smallest absolute Gasteiger partial charge is 0.251 e.